The van der Waals surface area contributed by atoms with Crippen molar-refractivity contribution >= 4 is 21.9 Å². The molecule has 0 aliphatic rings. The summed E-state index contributed by atoms with van der Waals surface area (Å²) >= 11 is 2.85. The first-order valence-corrected chi connectivity index (χ1v) is 3.71. The van der Waals surface area contributed by atoms with Crippen LogP contribution in [0.5, 0.6) is 0 Å². The number of hydrogen-bond donors (Lipinski definition) is 0. The van der Waals surface area contributed by atoms with Gasteiger partial charge in [-0.15, -0.1) is 0 Å². The lowest BCUT2D eigenvalue weighted by Crippen LogP contribution is -2.08. The maximum atomic E-state index is 12.7. The zero-order valence-corrected chi connectivity index (χ0v) is 7.63. The molecule has 6 heteroatoms. The van der Waals surface area contributed by atoms with Crippen LogP contribution in [0.3, 0.4) is 0 Å². The van der Waals surface area contributed by atoms with E-state index in [0.717, 1.165) is 6.20 Å². The first kappa shape index (κ1) is 9.05. The minimum Gasteiger partial charge on any atom is -0.463 e. The second-order valence-electron chi connectivity index (χ2n) is 1.82. The fourth-order valence-corrected chi connectivity index (χ4v) is 0.727. The molecule has 1 heterocycles. The molecule has 1 aromatic heterocycles. The number of esters is 1. The van der Waals surface area contributed by atoms with E-state index in [9.17, 15) is 9.18 Å². The monoisotopic (exact) mass is 234 g/mol. The largest absolute Gasteiger partial charge is 0.463 e. The van der Waals surface area contributed by atoms with Crippen LogP contribution in [0.25, 0.3) is 0 Å². The van der Waals surface area contributed by atoms with Crippen molar-refractivity contribution in [2.24, 2.45) is 0 Å². The lowest BCUT2D eigenvalue weighted by atomic mass is 10.5. The SMILES string of the molecule is COC(=O)c1ncc(Br)c(F)n1. The van der Waals surface area contributed by atoms with Crippen molar-refractivity contribution < 1.29 is 13.9 Å². The zero-order valence-electron chi connectivity index (χ0n) is 6.04. The second kappa shape index (κ2) is 3.57. The van der Waals surface area contributed by atoms with Gasteiger partial charge in [0.15, 0.2) is 0 Å². The van der Waals surface area contributed by atoms with Gasteiger partial charge in [-0.2, -0.15) is 9.37 Å². The summed E-state index contributed by atoms with van der Waals surface area (Å²) in [6.45, 7) is 0. The third-order valence-electron chi connectivity index (χ3n) is 1.07. The van der Waals surface area contributed by atoms with Crippen LogP contribution in [0.1, 0.15) is 10.6 Å². The molecule has 12 heavy (non-hydrogen) atoms. The van der Waals surface area contributed by atoms with Gasteiger partial charge in [-0.3, -0.25) is 0 Å². The highest BCUT2D eigenvalue weighted by atomic mass is 79.9. The molecule has 0 amide bonds. The van der Waals surface area contributed by atoms with Gasteiger partial charge in [0.05, 0.1) is 11.6 Å². The molecule has 0 radical (unpaired) electrons. The Morgan fingerprint density at radius 1 is 1.75 bits per heavy atom. The lowest BCUT2D eigenvalue weighted by Gasteiger charge is -1.97. The summed E-state index contributed by atoms with van der Waals surface area (Å²) in [5, 5.41) is 0. The molecule has 4 nitrogen and oxygen atoms in total. The molecule has 1 aromatic rings. The van der Waals surface area contributed by atoms with E-state index in [0.29, 0.717) is 0 Å². The summed E-state index contributed by atoms with van der Waals surface area (Å²) < 4.78 is 17.1. The minimum absolute atomic E-state index is 0.107. The van der Waals surface area contributed by atoms with Crippen molar-refractivity contribution in [2.75, 3.05) is 7.11 Å². The Labute approximate surface area is 75.9 Å². The van der Waals surface area contributed by atoms with Crippen molar-refractivity contribution in [3.63, 3.8) is 0 Å². The standard InChI is InChI=1S/C6H4BrFN2O2/c1-12-6(11)5-9-2-3(7)4(8)10-5/h2H,1H3. The predicted molar refractivity (Wildman–Crippen MR) is 41.0 cm³/mol. The first-order valence-electron chi connectivity index (χ1n) is 2.91. The minimum atomic E-state index is -0.787. The number of methoxy groups -OCH3 is 1. The molecule has 0 N–H and O–H groups in total. The molecule has 0 spiro atoms. The van der Waals surface area contributed by atoms with Gasteiger partial charge in [-0.25, -0.2) is 9.78 Å². The third-order valence-corrected chi connectivity index (χ3v) is 1.60. The van der Waals surface area contributed by atoms with Crippen LogP contribution in [0.15, 0.2) is 10.7 Å². The highest BCUT2D eigenvalue weighted by Gasteiger charge is 2.11. The van der Waals surface area contributed by atoms with Crippen LogP contribution in [-0.4, -0.2) is 23.0 Å². The van der Waals surface area contributed by atoms with Gasteiger partial charge >= 0.3 is 5.97 Å². The van der Waals surface area contributed by atoms with Crippen molar-refractivity contribution in [2.45, 2.75) is 0 Å². The summed E-state index contributed by atoms with van der Waals surface area (Å²) in [5.74, 6) is -1.84. The Bertz CT molecular complexity index is 318. The molecular formula is C6H4BrFN2O2. The average molecular weight is 235 g/mol. The maximum absolute atomic E-state index is 12.7. The number of carbonyl (C=O) groups excluding carboxylic acids is 1. The number of halogens is 2. The van der Waals surface area contributed by atoms with E-state index < -0.39 is 11.9 Å². The van der Waals surface area contributed by atoms with E-state index >= 15 is 0 Å². The molecule has 64 valence electrons. The topological polar surface area (TPSA) is 52.1 Å². The number of hydrogen-bond acceptors (Lipinski definition) is 4. The van der Waals surface area contributed by atoms with E-state index in [1.165, 1.54) is 7.11 Å². The number of aromatic nitrogens is 2. The summed E-state index contributed by atoms with van der Waals surface area (Å²) in [7, 11) is 1.17. The number of carbonyl (C=O) groups is 1. The molecule has 0 saturated carbocycles. The van der Waals surface area contributed by atoms with Crippen molar-refractivity contribution in [3.8, 4) is 0 Å². The van der Waals surface area contributed by atoms with E-state index in [4.69, 9.17) is 0 Å². The van der Waals surface area contributed by atoms with Crippen LogP contribution in [0.4, 0.5) is 4.39 Å². The average Bonchev–Trinajstić information content (AvgIpc) is 2.08. The normalized spacial score (nSPS) is 9.58. The Hall–Kier alpha value is -1.04. The molecule has 0 aliphatic carbocycles. The zero-order chi connectivity index (χ0) is 9.14. The quantitative estimate of drug-likeness (QED) is 0.541. The van der Waals surface area contributed by atoms with E-state index in [-0.39, 0.29) is 10.3 Å². The Balaban J connectivity index is 3.05. The van der Waals surface area contributed by atoms with Gasteiger partial charge in [0.25, 0.3) is 0 Å². The van der Waals surface area contributed by atoms with Crippen LogP contribution >= 0.6 is 15.9 Å². The summed E-state index contributed by atoms with van der Waals surface area (Å²) in [6, 6.07) is 0. The van der Waals surface area contributed by atoms with Crippen molar-refractivity contribution in [1.29, 1.82) is 0 Å². The van der Waals surface area contributed by atoms with Gasteiger partial charge in [0, 0.05) is 6.20 Å². The summed E-state index contributed by atoms with van der Waals surface area (Å²) in [5.41, 5.74) is 0. The third kappa shape index (κ3) is 1.76. The highest BCUT2D eigenvalue weighted by molar-refractivity contribution is 9.10. The molecule has 0 bridgehead atoms. The molecule has 0 aromatic carbocycles. The summed E-state index contributed by atoms with van der Waals surface area (Å²) in [6.07, 6.45) is 1.15. The molecule has 0 atom stereocenters. The van der Waals surface area contributed by atoms with Gasteiger partial charge in [0.1, 0.15) is 0 Å². The van der Waals surface area contributed by atoms with Crippen LogP contribution in [0, 0.1) is 5.95 Å². The van der Waals surface area contributed by atoms with E-state index in [1.807, 2.05) is 0 Å². The van der Waals surface area contributed by atoms with Gasteiger partial charge in [0.2, 0.25) is 11.8 Å². The van der Waals surface area contributed by atoms with E-state index in [2.05, 4.69) is 30.6 Å². The lowest BCUT2D eigenvalue weighted by molar-refractivity contribution is 0.0585. The van der Waals surface area contributed by atoms with Gasteiger partial charge in [-0.05, 0) is 15.9 Å². The van der Waals surface area contributed by atoms with E-state index in [1.54, 1.807) is 0 Å². The molecule has 0 fully saturated rings. The predicted octanol–water partition coefficient (Wildman–Crippen LogP) is 1.16. The maximum Gasteiger partial charge on any atom is 0.376 e. The Morgan fingerprint density at radius 3 is 2.92 bits per heavy atom. The van der Waals surface area contributed by atoms with Crippen LogP contribution in [-0.2, 0) is 4.74 Å². The number of rotatable bonds is 1. The van der Waals surface area contributed by atoms with Crippen molar-refractivity contribution in [3.05, 3.63) is 22.4 Å². The van der Waals surface area contributed by atoms with Gasteiger partial charge in [-0.1, -0.05) is 0 Å². The van der Waals surface area contributed by atoms with Gasteiger partial charge < -0.3 is 4.74 Å². The van der Waals surface area contributed by atoms with Crippen molar-refractivity contribution in [1.82, 2.24) is 9.97 Å². The molecule has 0 saturated heterocycles. The number of ether oxygens (including phenoxy) is 1. The Morgan fingerprint density at radius 2 is 2.42 bits per heavy atom. The fraction of sp³-hybridized carbons (Fsp3) is 0.167. The smallest absolute Gasteiger partial charge is 0.376 e. The van der Waals surface area contributed by atoms with Crippen LogP contribution in [0.2, 0.25) is 0 Å². The summed E-state index contributed by atoms with van der Waals surface area (Å²) in [4.78, 5) is 17.5. The fourth-order valence-electron chi connectivity index (χ4n) is 0.536. The molecule has 1 rings (SSSR count). The highest BCUT2D eigenvalue weighted by Crippen LogP contribution is 2.10. The second-order valence-corrected chi connectivity index (χ2v) is 2.68. The van der Waals surface area contributed by atoms with Crippen LogP contribution < -0.4 is 0 Å². The molecule has 0 unspecified atom stereocenters. The molecular weight excluding hydrogens is 231 g/mol. The Kier molecular flexibility index (Phi) is 2.69. The first-order chi connectivity index (χ1) is 5.65. The molecule has 0 aliphatic heterocycles. The number of nitrogens with zero attached hydrogens (tertiary/aromatic N) is 2.